The number of hydrogen-bond acceptors (Lipinski definition) is 1. The summed E-state index contributed by atoms with van der Waals surface area (Å²) in [5.41, 5.74) is 3.39. The van der Waals surface area contributed by atoms with Crippen LogP contribution in [0.25, 0.3) is 0 Å². The molecule has 0 unspecified atom stereocenters. The van der Waals surface area contributed by atoms with Crippen LogP contribution in [0.5, 0.6) is 0 Å². The predicted octanol–water partition coefficient (Wildman–Crippen LogP) is 4.38. The number of allylic oxidation sites excluding steroid dienone is 7. The molecule has 0 radical (unpaired) electrons. The van der Waals surface area contributed by atoms with E-state index in [-0.39, 0.29) is 0 Å². The molecule has 88 valence electrons. The van der Waals surface area contributed by atoms with Crippen LogP contribution in [0.1, 0.15) is 40.0 Å². The van der Waals surface area contributed by atoms with Gasteiger partial charge in [0.2, 0.25) is 0 Å². The van der Waals surface area contributed by atoms with Gasteiger partial charge in [0.1, 0.15) is 6.29 Å². The maximum Gasteiger partial charge on any atom is 0.145 e. The van der Waals surface area contributed by atoms with E-state index >= 15 is 0 Å². The Morgan fingerprint density at radius 3 is 2.31 bits per heavy atom. The smallest absolute Gasteiger partial charge is 0.145 e. The molecule has 0 saturated carbocycles. The molecular formula is C15H22O. The van der Waals surface area contributed by atoms with Gasteiger partial charge in [-0.05, 0) is 45.6 Å². The Hall–Kier alpha value is -1.37. The third kappa shape index (κ3) is 7.98. The van der Waals surface area contributed by atoms with Crippen molar-refractivity contribution in [3.8, 4) is 0 Å². The van der Waals surface area contributed by atoms with Crippen molar-refractivity contribution < 1.29 is 4.79 Å². The summed E-state index contributed by atoms with van der Waals surface area (Å²) in [5.74, 6) is 0. The van der Waals surface area contributed by atoms with Crippen LogP contribution in [0.4, 0.5) is 0 Å². The van der Waals surface area contributed by atoms with E-state index in [4.69, 9.17) is 0 Å². The Bertz CT molecular complexity index is 316. The molecule has 0 aliphatic carbocycles. The summed E-state index contributed by atoms with van der Waals surface area (Å²) in [6.45, 7) is 9.72. The quantitative estimate of drug-likeness (QED) is 0.268. The maximum atomic E-state index is 10.4. The molecule has 0 aromatic carbocycles. The second-order valence-corrected chi connectivity index (χ2v) is 4.04. The van der Waals surface area contributed by atoms with Crippen LogP contribution in [0.15, 0.2) is 47.6 Å². The van der Waals surface area contributed by atoms with E-state index in [2.05, 4.69) is 25.7 Å². The van der Waals surface area contributed by atoms with Crippen molar-refractivity contribution in [2.45, 2.75) is 40.0 Å². The molecule has 0 saturated heterocycles. The number of rotatable bonds is 7. The Kier molecular flexibility index (Phi) is 8.14. The monoisotopic (exact) mass is 218 g/mol. The highest BCUT2D eigenvalue weighted by atomic mass is 16.1. The van der Waals surface area contributed by atoms with Gasteiger partial charge >= 0.3 is 0 Å². The fourth-order valence-corrected chi connectivity index (χ4v) is 1.21. The van der Waals surface area contributed by atoms with Crippen LogP contribution in [-0.2, 0) is 4.79 Å². The molecule has 0 heterocycles. The summed E-state index contributed by atoms with van der Waals surface area (Å²) < 4.78 is 0. The molecule has 0 N–H and O–H groups in total. The summed E-state index contributed by atoms with van der Waals surface area (Å²) in [6, 6.07) is 0. The molecular weight excluding hydrogens is 196 g/mol. The molecule has 1 nitrogen and oxygen atoms in total. The van der Waals surface area contributed by atoms with Crippen LogP contribution < -0.4 is 0 Å². The zero-order chi connectivity index (χ0) is 12.4. The summed E-state index contributed by atoms with van der Waals surface area (Å²) in [6.07, 6.45) is 12.0. The van der Waals surface area contributed by atoms with Crippen LogP contribution >= 0.6 is 0 Å². The van der Waals surface area contributed by atoms with Crippen molar-refractivity contribution in [1.29, 1.82) is 0 Å². The van der Waals surface area contributed by atoms with E-state index in [0.717, 1.165) is 31.1 Å². The summed E-state index contributed by atoms with van der Waals surface area (Å²) >= 11 is 0. The number of hydrogen-bond donors (Lipinski definition) is 0. The highest BCUT2D eigenvalue weighted by molar-refractivity contribution is 5.71. The second kappa shape index (κ2) is 8.90. The van der Waals surface area contributed by atoms with Crippen LogP contribution in [0.3, 0.4) is 0 Å². The number of aldehydes is 1. The third-order valence-electron chi connectivity index (χ3n) is 2.42. The largest absolute Gasteiger partial charge is 0.298 e. The van der Waals surface area contributed by atoms with Crippen molar-refractivity contribution in [1.82, 2.24) is 0 Å². The molecule has 0 aromatic rings. The van der Waals surface area contributed by atoms with Gasteiger partial charge in [-0.25, -0.2) is 0 Å². The Labute approximate surface area is 99.3 Å². The molecule has 0 aromatic heterocycles. The average molecular weight is 218 g/mol. The second-order valence-electron chi connectivity index (χ2n) is 4.04. The van der Waals surface area contributed by atoms with Gasteiger partial charge in [-0.15, -0.1) is 0 Å². The molecule has 0 aliphatic heterocycles. The minimum atomic E-state index is 0.815. The van der Waals surface area contributed by atoms with E-state index in [9.17, 15) is 4.79 Å². The SMILES string of the molecule is C=CC(C)=CCC=C(C)CCC=C(C)C=O. The first kappa shape index (κ1) is 14.6. The minimum Gasteiger partial charge on any atom is -0.298 e. The van der Waals surface area contributed by atoms with Crippen LogP contribution in [0.2, 0.25) is 0 Å². The average Bonchev–Trinajstić information content (AvgIpc) is 2.28. The summed E-state index contributed by atoms with van der Waals surface area (Å²) in [4.78, 5) is 10.4. The van der Waals surface area contributed by atoms with Crippen molar-refractivity contribution >= 4 is 6.29 Å². The molecule has 0 fully saturated rings. The van der Waals surface area contributed by atoms with E-state index in [1.54, 1.807) is 0 Å². The lowest BCUT2D eigenvalue weighted by atomic mass is 10.1. The maximum absolute atomic E-state index is 10.4. The molecule has 0 spiro atoms. The van der Waals surface area contributed by atoms with Gasteiger partial charge < -0.3 is 0 Å². The van der Waals surface area contributed by atoms with E-state index in [0.29, 0.717) is 0 Å². The Morgan fingerprint density at radius 1 is 1.06 bits per heavy atom. The topological polar surface area (TPSA) is 17.1 Å². The summed E-state index contributed by atoms with van der Waals surface area (Å²) in [5, 5.41) is 0. The normalized spacial score (nSPS) is 13.8. The van der Waals surface area contributed by atoms with Gasteiger partial charge in [-0.2, -0.15) is 0 Å². The molecule has 0 bridgehead atoms. The first-order valence-corrected chi connectivity index (χ1v) is 5.67. The Balaban J connectivity index is 3.97. The van der Waals surface area contributed by atoms with Gasteiger partial charge in [-0.1, -0.05) is 42.0 Å². The Morgan fingerprint density at radius 2 is 1.75 bits per heavy atom. The highest BCUT2D eigenvalue weighted by Gasteiger charge is 1.89. The predicted molar refractivity (Wildman–Crippen MR) is 71.4 cm³/mol. The minimum absolute atomic E-state index is 0.815. The zero-order valence-corrected chi connectivity index (χ0v) is 10.6. The van der Waals surface area contributed by atoms with E-state index < -0.39 is 0 Å². The van der Waals surface area contributed by atoms with Gasteiger partial charge in [-0.3, -0.25) is 4.79 Å². The zero-order valence-electron chi connectivity index (χ0n) is 10.6. The van der Waals surface area contributed by atoms with Gasteiger partial charge in [0.25, 0.3) is 0 Å². The number of carbonyl (C=O) groups excluding carboxylic acids is 1. The fraction of sp³-hybridized carbons (Fsp3) is 0.400. The molecule has 0 aliphatic rings. The lowest BCUT2D eigenvalue weighted by Gasteiger charge is -1.97. The van der Waals surface area contributed by atoms with Crippen molar-refractivity contribution in [3.63, 3.8) is 0 Å². The van der Waals surface area contributed by atoms with Crippen molar-refractivity contribution in [2.75, 3.05) is 0 Å². The van der Waals surface area contributed by atoms with Gasteiger partial charge in [0.05, 0.1) is 0 Å². The molecule has 16 heavy (non-hydrogen) atoms. The standard InChI is InChI=1S/C15H22O/c1-5-13(2)8-6-9-14(3)10-7-11-15(4)12-16/h5,8-9,11-12H,1,6-7,10H2,2-4H3. The van der Waals surface area contributed by atoms with Gasteiger partial charge in [0, 0.05) is 0 Å². The first-order valence-electron chi connectivity index (χ1n) is 5.67. The van der Waals surface area contributed by atoms with Crippen LogP contribution in [-0.4, -0.2) is 6.29 Å². The van der Waals surface area contributed by atoms with E-state index in [1.165, 1.54) is 11.1 Å². The first-order chi connectivity index (χ1) is 7.60. The lowest BCUT2D eigenvalue weighted by Crippen LogP contribution is -1.80. The molecule has 0 rings (SSSR count). The molecule has 0 amide bonds. The molecule has 0 atom stereocenters. The van der Waals surface area contributed by atoms with Crippen molar-refractivity contribution in [3.05, 3.63) is 47.6 Å². The van der Waals surface area contributed by atoms with Crippen molar-refractivity contribution in [2.24, 2.45) is 0 Å². The highest BCUT2D eigenvalue weighted by Crippen LogP contribution is 2.08. The lowest BCUT2D eigenvalue weighted by molar-refractivity contribution is -0.104. The number of carbonyl (C=O) groups is 1. The van der Waals surface area contributed by atoms with Gasteiger partial charge in [0.15, 0.2) is 0 Å². The van der Waals surface area contributed by atoms with E-state index in [1.807, 2.05) is 26.0 Å². The fourth-order valence-electron chi connectivity index (χ4n) is 1.21. The third-order valence-corrected chi connectivity index (χ3v) is 2.42. The molecule has 1 heteroatoms. The van der Waals surface area contributed by atoms with Crippen LogP contribution in [0, 0.1) is 0 Å². The summed E-state index contributed by atoms with van der Waals surface area (Å²) in [7, 11) is 0.